The Balaban J connectivity index is 1.92. The summed E-state index contributed by atoms with van der Waals surface area (Å²) in [7, 11) is 0. The van der Waals surface area contributed by atoms with E-state index in [9.17, 15) is 9.90 Å². The SMILES string of the molecule is CCCCC[C@@H]1O[C@H]1C(O)/C=C\CCCCCCCC(=O)O. The van der Waals surface area contributed by atoms with E-state index >= 15 is 0 Å². The summed E-state index contributed by atoms with van der Waals surface area (Å²) in [6.45, 7) is 2.19. The van der Waals surface area contributed by atoms with Crippen molar-refractivity contribution >= 4 is 5.97 Å². The van der Waals surface area contributed by atoms with E-state index in [0.29, 0.717) is 0 Å². The third kappa shape index (κ3) is 9.21. The average Bonchev–Trinajstić information content (AvgIpc) is 3.25. The van der Waals surface area contributed by atoms with Crippen molar-refractivity contribution in [1.82, 2.24) is 0 Å². The highest BCUT2D eigenvalue weighted by atomic mass is 16.6. The third-order valence-electron chi connectivity index (χ3n) is 4.15. The lowest BCUT2D eigenvalue weighted by Gasteiger charge is -2.01. The van der Waals surface area contributed by atoms with Crippen LogP contribution in [0.5, 0.6) is 0 Å². The molecule has 0 aromatic rings. The molecular formula is C18H32O4. The maximum Gasteiger partial charge on any atom is 0.303 e. The molecule has 128 valence electrons. The molecule has 4 heteroatoms. The molecule has 0 amide bonds. The smallest absolute Gasteiger partial charge is 0.303 e. The van der Waals surface area contributed by atoms with Gasteiger partial charge in [-0.1, -0.05) is 57.6 Å². The maximum atomic E-state index is 10.4. The molecule has 1 heterocycles. The van der Waals surface area contributed by atoms with Crippen LogP contribution in [0.15, 0.2) is 12.2 Å². The van der Waals surface area contributed by atoms with Gasteiger partial charge in [-0.05, 0) is 25.7 Å². The Hall–Kier alpha value is -0.870. The van der Waals surface area contributed by atoms with Crippen LogP contribution in [0.1, 0.15) is 77.6 Å². The average molecular weight is 312 g/mol. The second kappa shape index (κ2) is 11.7. The number of aliphatic carboxylic acids is 1. The molecule has 0 aromatic heterocycles. The molecule has 22 heavy (non-hydrogen) atoms. The summed E-state index contributed by atoms with van der Waals surface area (Å²) in [6, 6.07) is 0. The molecular weight excluding hydrogens is 280 g/mol. The molecule has 1 aliphatic heterocycles. The number of hydrogen-bond donors (Lipinski definition) is 2. The summed E-state index contributed by atoms with van der Waals surface area (Å²) < 4.78 is 5.52. The van der Waals surface area contributed by atoms with Gasteiger partial charge in [-0.25, -0.2) is 0 Å². The molecule has 0 radical (unpaired) electrons. The Morgan fingerprint density at radius 2 is 1.86 bits per heavy atom. The first-order valence-electron chi connectivity index (χ1n) is 8.87. The predicted octanol–water partition coefficient (Wildman–Crippen LogP) is 4.07. The van der Waals surface area contributed by atoms with Crippen molar-refractivity contribution < 1.29 is 19.7 Å². The van der Waals surface area contributed by atoms with Crippen LogP contribution in [-0.2, 0) is 9.53 Å². The first-order chi connectivity index (χ1) is 10.6. The summed E-state index contributed by atoms with van der Waals surface area (Å²) in [5, 5.41) is 18.5. The Morgan fingerprint density at radius 3 is 2.59 bits per heavy atom. The second-order valence-corrected chi connectivity index (χ2v) is 6.25. The molecule has 4 nitrogen and oxygen atoms in total. The summed E-state index contributed by atoms with van der Waals surface area (Å²) in [6.07, 6.45) is 14.8. The van der Waals surface area contributed by atoms with E-state index in [-0.39, 0.29) is 18.6 Å². The summed E-state index contributed by atoms with van der Waals surface area (Å²) >= 11 is 0. The largest absolute Gasteiger partial charge is 0.481 e. The number of ether oxygens (including phenoxy) is 1. The minimum absolute atomic E-state index is 0.0177. The highest BCUT2D eigenvalue weighted by Crippen LogP contribution is 2.30. The van der Waals surface area contributed by atoms with Gasteiger partial charge in [0.1, 0.15) is 12.2 Å². The van der Waals surface area contributed by atoms with E-state index in [0.717, 1.165) is 44.9 Å². The van der Waals surface area contributed by atoms with E-state index in [1.807, 2.05) is 12.2 Å². The monoisotopic (exact) mass is 312 g/mol. The van der Waals surface area contributed by atoms with Gasteiger partial charge < -0.3 is 14.9 Å². The zero-order valence-corrected chi connectivity index (χ0v) is 13.9. The lowest BCUT2D eigenvalue weighted by atomic mass is 10.1. The van der Waals surface area contributed by atoms with Gasteiger partial charge in [0.15, 0.2) is 0 Å². The van der Waals surface area contributed by atoms with Gasteiger partial charge in [0.25, 0.3) is 0 Å². The lowest BCUT2D eigenvalue weighted by molar-refractivity contribution is -0.137. The quantitative estimate of drug-likeness (QED) is 0.288. The minimum atomic E-state index is -0.702. The van der Waals surface area contributed by atoms with Gasteiger partial charge >= 0.3 is 5.97 Å². The van der Waals surface area contributed by atoms with Crippen LogP contribution in [0.4, 0.5) is 0 Å². The Bertz CT molecular complexity index is 327. The Labute approximate surface area is 134 Å². The zero-order valence-electron chi connectivity index (χ0n) is 13.9. The fraction of sp³-hybridized carbons (Fsp3) is 0.833. The molecule has 1 unspecified atom stereocenters. The number of carbonyl (C=O) groups is 1. The molecule has 0 spiro atoms. The predicted molar refractivity (Wildman–Crippen MR) is 87.9 cm³/mol. The van der Waals surface area contributed by atoms with Crippen molar-refractivity contribution in [2.45, 2.75) is 95.9 Å². The Morgan fingerprint density at radius 1 is 1.14 bits per heavy atom. The van der Waals surface area contributed by atoms with Crippen LogP contribution in [0, 0.1) is 0 Å². The Kier molecular flexibility index (Phi) is 10.2. The molecule has 0 aromatic carbocycles. The van der Waals surface area contributed by atoms with Crippen LogP contribution in [-0.4, -0.2) is 34.5 Å². The number of hydrogen-bond acceptors (Lipinski definition) is 3. The van der Waals surface area contributed by atoms with E-state index < -0.39 is 12.1 Å². The maximum absolute atomic E-state index is 10.4. The van der Waals surface area contributed by atoms with E-state index in [1.54, 1.807) is 0 Å². The normalized spacial score (nSPS) is 22.1. The number of rotatable bonds is 14. The van der Waals surface area contributed by atoms with Gasteiger partial charge in [-0.2, -0.15) is 0 Å². The zero-order chi connectivity index (χ0) is 16.2. The standard InChI is InChI=1S/C18H32O4/c1-2-3-9-13-16-18(22-16)15(19)12-10-7-5-4-6-8-11-14-17(20)21/h10,12,15-16,18-19H,2-9,11,13-14H2,1H3,(H,20,21)/b12-10-/t15?,16-,18-/m0/s1. The minimum Gasteiger partial charge on any atom is -0.481 e. The van der Waals surface area contributed by atoms with Crippen molar-refractivity contribution in [2.75, 3.05) is 0 Å². The van der Waals surface area contributed by atoms with Gasteiger partial charge in [0, 0.05) is 6.42 Å². The molecule has 3 atom stereocenters. The number of epoxide rings is 1. The van der Waals surface area contributed by atoms with Gasteiger partial charge in [-0.15, -0.1) is 0 Å². The van der Waals surface area contributed by atoms with Crippen molar-refractivity contribution in [3.8, 4) is 0 Å². The van der Waals surface area contributed by atoms with Crippen molar-refractivity contribution in [3.05, 3.63) is 12.2 Å². The van der Waals surface area contributed by atoms with Crippen LogP contribution in [0.3, 0.4) is 0 Å². The number of carboxylic acids is 1. The van der Waals surface area contributed by atoms with E-state index in [4.69, 9.17) is 9.84 Å². The van der Waals surface area contributed by atoms with Crippen LogP contribution in [0.25, 0.3) is 0 Å². The first-order valence-corrected chi connectivity index (χ1v) is 8.87. The molecule has 0 aliphatic carbocycles. The first kappa shape index (κ1) is 19.2. The van der Waals surface area contributed by atoms with Crippen molar-refractivity contribution in [1.29, 1.82) is 0 Å². The number of carboxylic acid groups (broad SMARTS) is 1. The van der Waals surface area contributed by atoms with Gasteiger partial charge in [0.05, 0.1) is 6.10 Å². The fourth-order valence-corrected chi connectivity index (χ4v) is 2.70. The van der Waals surface area contributed by atoms with Gasteiger partial charge in [0.2, 0.25) is 0 Å². The van der Waals surface area contributed by atoms with Crippen LogP contribution < -0.4 is 0 Å². The molecule has 1 fully saturated rings. The van der Waals surface area contributed by atoms with Gasteiger partial charge in [-0.3, -0.25) is 4.79 Å². The highest BCUT2D eigenvalue weighted by Gasteiger charge is 2.42. The molecule has 1 saturated heterocycles. The number of aliphatic hydroxyl groups excluding tert-OH is 1. The number of unbranched alkanes of at least 4 members (excludes halogenated alkanes) is 7. The third-order valence-corrected chi connectivity index (χ3v) is 4.15. The molecule has 0 bridgehead atoms. The van der Waals surface area contributed by atoms with Crippen molar-refractivity contribution in [3.63, 3.8) is 0 Å². The summed E-state index contributed by atoms with van der Waals surface area (Å²) in [4.78, 5) is 10.4. The topological polar surface area (TPSA) is 70.1 Å². The molecule has 1 rings (SSSR count). The highest BCUT2D eigenvalue weighted by molar-refractivity contribution is 5.66. The van der Waals surface area contributed by atoms with Crippen LogP contribution >= 0.6 is 0 Å². The van der Waals surface area contributed by atoms with Crippen LogP contribution in [0.2, 0.25) is 0 Å². The van der Waals surface area contributed by atoms with E-state index in [1.165, 1.54) is 19.3 Å². The number of aliphatic hydroxyl groups is 1. The lowest BCUT2D eigenvalue weighted by Crippen LogP contribution is -2.13. The summed E-state index contributed by atoms with van der Waals surface area (Å²) in [5.41, 5.74) is 0. The van der Waals surface area contributed by atoms with Crippen molar-refractivity contribution in [2.24, 2.45) is 0 Å². The second-order valence-electron chi connectivity index (χ2n) is 6.25. The van der Waals surface area contributed by atoms with E-state index in [2.05, 4.69) is 6.92 Å². The molecule has 1 aliphatic rings. The number of allylic oxidation sites excluding steroid dienone is 1. The summed E-state index contributed by atoms with van der Waals surface area (Å²) in [5.74, 6) is -0.702. The fourth-order valence-electron chi connectivity index (χ4n) is 2.70. The molecule has 2 N–H and O–H groups in total. The molecule has 0 saturated carbocycles.